The van der Waals surface area contributed by atoms with Gasteiger partial charge in [-0.05, 0) is 31.2 Å². The zero-order chi connectivity index (χ0) is 20.1. The Labute approximate surface area is 158 Å². The minimum atomic E-state index is -4.47. The summed E-state index contributed by atoms with van der Waals surface area (Å²) >= 11 is 0. The number of nitrogens with zero attached hydrogens (tertiary/aromatic N) is 4. The van der Waals surface area contributed by atoms with Gasteiger partial charge < -0.3 is 10.1 Å². The first-order valence-electron chi connectivity index (χ1n) is 8.25. The summed E-state index contributed by atoms with van der Waals surface area (Å²) in [6.45, 7) is 1.74. The van der Waals surface area contributed by atoms with Crippen LogP contribution in [0.5, 0.6) is 11.6 Å². The second kappa shape index (κ2) is 8.07. The van der Waals surface area contributed by atoms with E-state index in [1.165, 1.54) is 35.7 Å². The standard InChI is InChI=1S/C18H16F3N5O2/c1-12(26-11-22-10-25-26)16(27)24-9-13-4-3-7-23-17(13)28-15-6-2-5-14(8-15)18(19,20)21/h2-8,10-12H,9H2,1H3,(H,24,27). The SMILES string of the molecule is CC(C(=O)NCc1cccnc1Oc1cccc(C(F)(F)F)c1)n1cncn1. The van der Waals surface area contributed by atoms with Crippen molar-refractivity contribution in [1.82, 2.24) is 25.1 Å². The monoisotopic (exact) mass is 391 g/mol. The molecule has 0 bridgehead atoms. The van der Waals surface area contributed by atoms with E-state index in [1.54, 1.807) is 19.1 Å². The number of carbonyl (C=O) groups is 1. The topological polar surface area (TPSA) is 81.9 Å². The van der Waals surface area contributed by atoms with Crippen LogP contribution in [0.25, 0.3) is 0 Å². The van der Waals surface area contributed by atoms with E-state index >= 15 is 0 Å². The molecule has 1 N–H and O–H groups in total. The number of hydrogen-bond donors (Lipinski definition) is 1. The number of pyridine rings is 1. The van der Waals surface area contributed by atoms with Crippen molar-refractivity contribution >= 4 is 5.91 Å². The van der Waals surface area contributed by atoms with Gasteiger partial charge in [0.2, 0.25) is 11.8 Å². The largest absolute Gasteiger partial charge is 0.439 e. The number of halogens is 3. The lowest BCUT2D eigenvalue weighted by Crippen LogP contribution is -2.31. The Bertz CT molecular complexity index is 944. The van der Waals surface area contributed by atoms with Crippen LogP contribution in [0.4, 0.5) is 13.2 Å². The number of amides is 1. The lowest BCUT2D eigenvalue weighted by atomic mass is 10.2. The Kier molecular flexibility index (Phi) is 5.57. The van der Waals surface area contributed by atoms with Gasteiger partial charge in [-0.15, -0.1) is 0 Å². The molecule has 0 saturated carbocycles. The fourth-order valence-electron chi connectivity index (χ4n) is 2.37. The van der Waals surface area contributed by atoms with E-state index in [0.29, 0.717) is 5.56 Å². The summed E-state index contributed by atoms with van der Waals surface area (Å²) < 4.78 is 45.5. The maximum Gasteiger partial charge on any atom is 0.416 e. The fraction of sp³-hybridized carbons (Fsp3) is 0.222. The van der Waals surface area contributed by atoms with Gasteiger partial charge in [-0.1, -0.05) is 12.1 Å². The Balaban J connectivity index is 1.71. The van der Waals surface area contributed by atoms with Gasteiger partial charge in [0.05, 0.1) is 5.56 Å². The molecule has 3 rings (SSSR count). The molecule has 1 unspecified atom stereocenters. The lowest BCUT2D eigenvalue weighted by Gasteiger charge is -2.14. The molecular formula is C18H16F3N5O2. The first-order chi connectivity index (χ1) is 13.3. The van der Waals surface area contributed by atoms with E-state index < -0.39 is 17.8 Å². The number of aromatic nitrogens is 4. The van der Waals surface area contributed by atoms with Gasteiger partial charge in [0, 0.05) is 18.3 Å². The molecule has 2 aromatic heterocycles. The van der Waals surface area contributed by atoms with Crippen LogP contribution in [0.3, 0.4) is 0 Å². The molecule has 146 valence electrons. The van der Waals surface area contributed by atoms with Crippen molar-refractivity contribution in [3.63, 3.8) is 0 Å². The molecule has 1 aromatic carbocycles. The summed E-state index contributed by atoms with van der Waals surface area (Å²) in [6, 6.07) is 7.23. The number of alkyl halides is 3. The zero-order valence-electron chi connectivity index (χ0n) is 14.7. The average Bonchev–Trinajstić information content (AvgIpc) is 3.21. The van der Waals surface area contributed by atoms with Crippen LogP contribution in [-0.4, -0.2) is 25.7 Å². The van der Waals surface area contributed by atoms with Crippen LogP contribution in [0.1, 0.15) is 24.1 Å². The molecule has 0 fully saturated rings. The van der Waals surface area contributed by atoms with Crippen molar-refractivity contribution in [3.05, 3.63) is 66.4 Å². The molecule has 0 saturated heterocycles. The molecule has 7 nitrogen and oxygen atoms in total. The van der Waals surface area contributed by atoms with Gasteiger partial charge in [0.25, 0.3) is 0 Å². The summed E-state index contributed by atoms with van der Waals surface area (Å²) in [5.41, 5.74) is -0.309. The molecule has 1 atom stereocenters. The number of benzene rings is 1. The molecule has 3 aromatic rings. The van der Waals surface area contributed by atoms with Crippen LogP contribution in [-0.2, 0) is 17.5 Å². The van der Waals surface area contributed by atoms with Crippen molar-refractivity contribution < 1.29 is 22.7 Å². The second-order valence-electron chi connectivity index (χ2n) is 5.86. The average molecular weight is 391 g/mol. The molecular weight excluding hydrogens is 375 g/mol. The summed E-state index contributed by atoms with van der Waals surface area (Å²) in [5.74, 6) is -0.202. The minimum absolute atomic E-state index is 0.00270. The molecule has 0 aliphatic rings. The molecule has 1 amide bonds. The number of ether oxygens (including phenoxy) is 1. The van der Waals surface area contributed by atoms with E-state index in [2.05, 4.69) is 20.4 Å². The fourth-order valence-corrected chi connectivity index (χ4v) is 2.37. The Morgan fingerprint density at radius 2 is 2.11 bits per heavy atom. The third-order valence-corrected chi connectivity index (χ3v) is 3.89. The lowest BCUT2D eigenvalue weighted by molar-refractivity contribution is -0.137. The maximum absolute atomic E-state index is 12.9. The maximum atomic E-state index is 12.9. The van der Waals surface area contributed by atoms with Crippen molar-refractivity contribution in [2.24, 2.45) is 0 Å². The summed E-state index contributed by atoms with van der Waals surface area (Å²) in [5, 5.41) is 6.63. The van der Waals surface area contributed by atoms with Gasteiger partial charge in [-0.25, -0.2) is 14.6 Å². The molecule has 0 aliphatic carbocycles. The normalized spacial score (nSPS) is 12.4. The Hall–Kier alpha value is -3.43. The molecule has 2 heterocycles. The smallest absolute Gasteiger partial charge is 0.416 e. The van der Waals surface area contributed by atoms with Crippen LogP contribution >= 0.6 is 0 Å². The third kappa shape index (κ3) is 4.64. The number of rotatable bonds is 6. The zero-order valence-corrected chi connectivity index (χ0v) is 14.7. The minimum Gasteiger partial charge on any atom is -0.439 e. The van der Waals surface area contributed by atoms with Crippen LogP contribution < -0.4 is 10.1 Å². The number of nitrogens with one attached hydrogen (secondary N) is 1. The van der Waals surface area contributed by atoms with E-state index in [1.807, 2.05) is 0 Å². The van der Waals surface area contributed by atoms with Crippen molar-refractivity contribution in [2.75, 3.05) is 0 Å². The molecule has 0 aliphatic heterocycles. The first kappa shape index (κ1) is 19.3. The van der Waals surface area contributed by atoms with Gasteiger partial charge in [-0.2, -0.15) is 18.3 Å². The molecule has 0 radical (unpaired) electrons. The van der Waals surface area contributed by atoms with Gasteiger partial charge >= 0.3 is 6.18 Å². The highest BCUT2D eigenvalue weighted by Gasteiger charge is 2.30. The van der Waals surface area contributed by atoms with Crippen LogP contribution in [0.15, 0.2) is 55.2 Å². The van der Waals surface area contributed by atoms with E-state index in [-0.39, 0.29) is 24.1 Å². The Morgan fingerprint density at radius 1 is 1.29 bits per heavy atom. The molecule has 28 heavy (non-hydrogen) atoms. The Morgan fingerprint density at radius 3 is 2.82 bits per heavy atom. The first-order valence-corrected chi connectivity index (χ1v) is 8.25. The van der Waals surface area contributed by atoms with Gasteiger partial charge in [-0.3, -0.25) is 4.79 Å². The van der Waals surface area contributed by atoms with Gasteiger partial charge in [0.1, 0.15) is 24.4 Å². The third-order valence-electron chi connectivity index (χ3n) is 3.89. The van der Waals surface area contributed by atoms with Crippen LogP contribution in [0.2, 0.25) is 0 Å². The quantitative estimate of drug-likeness (QED) is 0.697. The summed E-state index contributed by atoms with van der Waals surface area (Å²) in [4.78, 5) is 20.1. The van der Waals surface area contributed by atoms with Crippen molar-refractivity contribution in [2.45, 2.75) is 25.7 Å². The highest BCUT2D eigenvalue weighted by atomic mass is 19.4. The van der Waals surface area contributed by atoms with Crippen molar-refractivity contribution in [1.29, 1.82) is 0 Å². The predicted octanol–water partition coefficient (Wildman–Crippen LogP) is 3.36. The molecule has 0 spiro atoms. The highest BCUT2D eigenvalue weighted by molar-refractivity contribution is 5.79. The highest BCUT2D eigenvalue weighted by Crippen LogP contribution is 2.32. The summed E-state index contributed by atoms with van der Waals surface area (Å²) in [6.07, 6.45) is -0.271. The number of carbonyl (C=O) groups excluding carboxylic acids is 1. The van der Waals surface area contributed by atoms with E-state index in [9.17, 15) is 18.0 Å². The predicted molar refractivity (Wildman–Crippen MR) is 92.3 cm³/mol. The van der Waals surface area contributed by atoms with Crippen molar-refractivity contribution in [3.8, 4) is 11.6 Å². The second-order valence-corrected chi connectivity index (χ2v) is 5.86. The van der Waals surface area contributed by atoms with E-state index in [0.717, 1.165) is 12.1 Å². The van der Waals surface area contributed by atoms with Gasteiger partial charge in [0.15, 0.2) is 0 Å². The van der Waals surface area contributed by atoms with E-state index in [4.69, 9.17) is 4.74 Å². The summed E-state index contributed by atoms with van der Waals surface area (Å²) in [7, 11) is 0. The number of hydrogen-bond acceptors (Lipinski definition) is 5. The van der Waals surface area contributed by atoms with Crippen LogP contribution in [0, 0.1) is 0 Å². The molecule has 10 heteroatoms.